The van der Waals surface area contributed by atoms with Crippen molar-refractivity contribution >= 4 is 29.6 Å². The molecule has 0 aromatic heterocycles. The molecule has 2 aromatic rings. The monoisotopic (exact) mass is 399 g/mol. The summed E-state index contributed by atoms with van der Waals surface area (Å²) in [6.45, 7) is 5.93. The van der Waals surface area contributed by atoms with Gasteiger partial charge in [0.2, 0.25) is 0 Å². The minimum absolute atomic E-state index is 0.169. The molecule has 5 heteroatoms. The van der Waals surface area contributed by atoms with Gasteiger partial charge in [-0.2, -0.15) is 0 Å². The van der Waals surface area contributed by atoms with Crippen LogP contribution >= 0.6 is 11.6 Å². The molecule has 28 heavy (non-hydrogen) atoms. The Morgan fingerprint density at radius 3 is 2.39 bits per heavy atom. The maximum atomic E-state index is 12.0. The summed E-state index contributed by atoms with van der Waals surface area (Å²) < 4.78 is 4.98. The topological polar surface area (TPSA) is 55.4 Å². The lowest BCUT2D eigenvalue weighted by molar-refractivity contribution is -0.144. The highest BCUT2D eigenvalue weighted by Crippen LogP contribution is 2.17. The summed E-state index contributed by atoms with van der Waals surface area (Å²) in [7, 11) is 0. The second kappa shape index (κ2) is 10.7. The number of rotatable bonds is 8. The lowest BCUT2D eigenvalue weighted by Crippen LogP contribution is -2.30. The van der Waals surface area contributed by atoms with Crippen LogP contribution in [0.1, 0.15) is 43.5 Å². The van der Waals surface area contributed by atoms with Crippen LogP contribution in [0, 0.1) is 5.92 Å². The molecule has 0 spiro atoms. The Bertz CT molecular complexity index is 828. The van der Waals surface area contributed by atoms with Crippen LogP contribution in [0.2, 0.25) is 5.02 Å². The molecule has 0 fully saturated rings. The first-order valence-electron chi connectivity index (χ1n) is 9.32. The van der Waals surface area contributed by atoms with Crippen LogP contribution in [0.15, 0.2) is 54.6 Å². The summed E-state index contributed by atoms with van der Waals surface area (Å²) in [4.78, 5) is 23.8. The van der Waals surface area contributed by atoms with Crippen molar-refractivity contribution < 1.29 is 14.3 Å². The first-order valence-corrected chi connectivity index (χ1v) is 9.70. The summed E-state index contributed by atoms with van der Waals surface area (Å²) in [5.74, 6) is -0.344. The maximum Gasteiger partial charge on any atom is 0.331 e. The van der Waals surface area contributed by atoms with E-state index in [4.69, 9.17) is 16.3 Å². The molecule has 1 N–H and O–H groups in total. The minimum Gasteiger partial charge on any atom is -0.452 e. The van der Waals surface area contributed by atoms with Gasteiger partial charge in [-0.25, -0.2) is 4.79 Å². The van der Waals surface area contributed by atoms with E-state index in [1.165, 1.54) is 11.6 Å². The lowest BCUT2D eigenvalue weighted by atomic mass is 10.00. The maximum absolute atomic E-state index is 12.0. The molecule has 2 aromatic carbocycles. The second-order valence-electron chi connectivity index (χ2n) is 7.09. The SMILES string of the molecule is CC(C)Cc1ccc([C@@H](C)NC(=O)COC(=O)/C=C/c2ccccc2Cl)cc1. The molecule has 0 radical (unpaired) electrons. The quantitative estimate of drug-likeness (QED) is 0.503. The summed E-state index contributed by atoms with van der Waals surface area (Å²) in [6, 6.07) is 15.2. The molecule has 1 atom stereocenters. The molecule has 0 aliphatic heterocycles. The van der Waals surface area contributed by atoms with Crippen molar-refractivity contribution in [1.29, 1.82) is 0 Å². The first kappa shape index (κ1) is 21.7. The Hall–Kier alpha value is -2.59. The van der Waals surface area contributed by atoms with Crippen molar-refractivity contribution in [1.82, 2.24) is 5.32 Å². The van der Waals surface area contributed by atoms with E-state index in [1.54, 1.807) is 24.3 Å². The highest BCUT2D eigenvalue weighted by atomic mass is 35.5. The third-order valence-electron chi connectivity index (χ3n) is 4.15. The van der Waals surface area contributed by atoms with Crippen LogP contribution in [0.25, 0.3) is 6.08 Å². The third kappa shape index (κ3) is 7.20. The van der Waals surface area contributed by atoms with E-state index < -0.39 is 5.97 Å². The zero-order valence-electron chi connectivity index (χ0n) is 16.4. The van der Waals surface area contributed by atoms with Crippen LogP contribution in [-0.2, 0) is 20.7 Å². The number of hydrogen-bond acceptors (Lipinski definition) is 3. The number of benzene rings is 2. The molecular weight excluding hydrogens is 374 g/mol. The fourth-order valence-electron chi connectivity index (χ4n) is 2.73. The Morgan fingerprint density at radius 1 is 1.07 bits per heavy atom. The molecule has 0 bridgehead atoms. The molecule has 148 valence electrons. The Labute approximate surface area is 171 Å². The second-order valence-corrected chi connectivity index (χ2v) is 7.50. The minimum atomic E-state index is -0.597. The molecule has 0 aliphatic carbocycles. The molecule has 4 nitrogen and oxygen atoms in total. The molecule has 1 amide bonds. The number of carbonyl (C=O) groups is 2. The lowest BCUT2D eigenvalue weighted by Gasteiger charge is -2.15. The van der Waals surface area contributed by atoms with Crippen molar-refractivity contribution in [3.8, 4) is 0 Å². The summed E-state index contributed by atoms with van der Waals surface area (Å²) in [5.41, 5.74) is 2.99. The number of nitrogens with one attached hydrogen (secondary N) is 1. The summed E-state index contributed by atoms with van der Waals surface area (Å²) >= 11 is 6.02. The van der Waals surface area contributed by atoms with Crippen LogP contribution in [-0.4, -0.2) is 18.5 Å². The van der Waals surface area contributed by atoms with E-state index in [9.17, 15) is 9.59 Å². The van der Waals surface area contributed by atoms with E-state index in [1.807, 2.05) is 25.1 Å². The van der Waals surface area contributed by atoms with Crippen LogP contribution in [0.5, 0.6) is 0 Å². The summed E-state index contributed by atoms with van der Waals surface area (Å²) in [5, 5.41) is 3.37. The van der Waals surface area contributed by atoms with Crippen LogP contribution < -0.4 is 5.32 Å². The summed E-state index contributed by atoms with van der Waals surface area (Å²) in [6.07, 6.45) is 3.84. The fraction of sp³-hybridized carbons (Fsp3) is 0.304. The highest BCUT2D eigenvalue weighted by Gasteiger charge is 2.11. The van der Waals surface area contributed by atoms with Crippen LogP contribution in [0.4, 0.5) is 0 Å². The van der Waals surface area contributed by atoms with E-state index in [2.05, 4.69) is 31.3 Å². The van der Waals surface area contributed by atoms with E-state index >= 15 is 0 Å². The van der Waals surface area contributed by atoms with Crippen molar-refractivity contribution in [3.63, 3.8) is 0 Å². The van der Waals surface area contributed by atoms with E-state index in [0.29, 0.717) is 16.5 Å². The Kier molecular flexibility index (Phi) is 8.27. The van der Waals surface area contributed by atoms with Gasteiger partial charge in [-0.15, -0.1) is 0 Å². The van der Waals surface area contributed by atoms with Crippen LogP contribution in [0.3, 0.4) is 0 Å². The van der Waals surface area contributed by atoms with Crippen molar-refractivity contribution in [2.75, 3.05) is 6.61 Å². The van der Waals surface area contributed by atoms with Gasteiger partial charge in [-0.3, -0.25) is 4.79 Å². The zero-order chi connectivity index (χ0) is 20.5. The van der Waals surface area contributed by atoms with Gasteiger partial charge in [0, 0.05) is 11.1 Å². The molecule has 0 saturated carbocycles. The highest BCUT2D eigenvalue weighted by molar-refractivity contribution is 6.32. The number of carbonyl (C=O) groups excluding carboxylic acids is 2. The first-order chi connectivity index (χ1) is 13.3. The van der Waals surface area contributed by atoms with Crippen molar-refractivity contribution in [2.24, 2.45) is 5.92 Å². The smallest absolute Gasteiger partial charge is 0.331 e. The van der Waals surface area contributed by atoms with Gasteiger partial charge in [0.1, 0.15) is 0 Å². The van der Waals surface area contributed by atoms with Gasteiger partial charge in [0.25, 0.3) is 5.91 Å². The standard InChI is InChI=1S/C23H26ClNO3/c1-16(2)14-18-8-10-19(11-9-18)17(3)25-22(26)15-28-23(27)13-12-20-6-4-5-7-21(20)24/h4-13,16-17H,14-15H2,1-3H3,(H,25,26)/b13-12+/t17-/m1/s1. The molecule has 2 rings (SSSR count). The fourth-order valence-corrected chi connectivity index (χ4v) is 2.93. The van der Waals surface area contributed by atoms with Gasteiger partial charge >= 0.3 is 5.97 Å². The van der Waals surface area contributed by atoms with Gasteiger partial charge < -0.3 is 10.1 Å². The van der Waals surface area contributed by atoms with Crippen molar-refractivity contribution in [3.05, 3.63) is 76.3 Å². The zero-order valence-corrected chi connectivity index (χ0v) is 17.2. The Morgan fingerprint density at radius 2 is 1.75 bits per heavy atom. The number of hydrogen-bond donors (Lipinski definition) is 1. The molecule has 0 heterocycles. The predicted octanol–water partition coefficient (Wildman–Crippen LogP) is 4.97. The number of halogens is 1. The molecular formula is C23H26ClNO3. The largest absolute Gasteiger partial charge is 0.452 e. The van der Waals surface area contributed by atoms with Gasteiger partial charge in [-0.1, -0.05) is 67.9 Å². The predicted molar refractivity (Wildman–Crippen MR) is 113 cm³/mol. The van der Waals surface area contributed by atoms with Crippen molar-refractivity contribution in [2.45, 2.75) is 33.2 Å². The van der Waals surface area contributed by atoms with E-state index in [-0.39, 0.29) is 18.6 Å². The molecule has 0 aliphatic rings. The number of esters is 1. The molecule has 0 saturated heterocycles. The van der Waals surface area contributed by atoms with Gasteiger partial charge in [-0.05, 0) is 48.1 Å². The van der Waals surface area contributed by atoms with Gasteiger partial charge in [0.15, 0.2) is 6.61 Å². The molecule has 0 unspecified atom stereocenters. The third-order valence-corrected chi connectivity index (χ3v) is 4.50. The number of ether oxygens (including phenoxy) is 1. The normalized spacial score (nSPS) is 12.2. The average molecular weight is 400 g/mol. The number of amides is 1. The van der Waals surface area contributed by atoms with Gasteiger partial charge in [0.05, 0.1) is 6.04 Å². The van der Waals surface area contributed by atoms with E-state index in [0.717, 1.165) is 12.0 Å². The Balaban J connectivity index is 1.79. The average Bonchev–Trinajstić information content (AvgIpc) is 2.65.